The number of nitrogens with one attached hydrogen (secondary N) is 1. The van der Waals surface area contributed by atoms with Crippen LogP contribution in [0.15, 0.2) is 18.3 Å². The van der Waals surface area contributed by atoms with Crippen molar-refractivity contribution in [2.75, 3.05) is 25.0 Å². The summed E-state index contributed by atoms with van der Waals surface area (Å²) in [6.45, 7) is 3.22. The Labute approximate surface area is 78.8 Å². The van der Waals surface area contributed by atoms with Gasteiger partial charge in [-0.3, -0.25) is 0 Å². The Morgan fingerprint density at radius 2 is 2.38 bits per heavy atom. The quantitative estimate of drug-likeness (QED) is 0.747. The van der Waals surface area contributed by atoms with Gasteiger partial charge in [0.1, 0.15) is 5.82 Å². The minimum atomic E-state index is 0.902. The highest BCUT2D eigenvalue weighted by Gasteiger charge is 2.17. The molecule has 3 nitrogen and oxygen atoms in total. The molecule has 0 atom stereocenters. The Kier molecular flexibility index (Phi) is 2.45. The highest BCUT2D eigenvalue weighted by molar-refractivity contribution is 5.48. The number of pyridine rings is 1. The summed E-state index contributed by atoms with van der Waals surface area (Å²) in [4.78, 5) is 6.73. The number of hydrogen-bond acceptors (Lipinski definition) is 3. The van der Waals surface area contributed by atoms with Crippen molar-refractivity contribution in [3.05, 3.63) is 23.9 Å². The molecule has 2 rings (SSSR count). The fourth-order valence-corrected chi connectivity index (χ4v) is 1.57. The molecule has 1 aliphatic rings. The van der Waals surface area contributed by atoms with E-state index >= 15 is 0 Å². The van der Waals surface area contributed by atoms with Gasteiger partial charge in [0.25, 0.3) is 0 Å². The third-order valence-electron chi connectivity index (χ3n) is 2.39. The van der Waals surface area contributed by atoms with Gasteiger partial charge >= 0.3 is 0 Å². The first-order valence-corrected chi connectivity index (χ1v) is 4.75. The predicted octanol–water partition coefficient (Wildman–Crippen LogP) is 1.01. The minimum absolute atomic E-state index is 0.902. The molecule has 0 spiro atoms. The number of anilines is 1. The van der Waals surface area contributed by atoms with Gasteiger partial charge in [0.2, 0.25) is 0 Å². The highest BCUT2D eigenvalue weighted by Crippen LogP contribution is 2.21. The second-order valence-corrected chi connectivity index (χ2v) is 3.36. The molecule has 0 bridgehead atoms. The van der Waals surface area contributed by atoms with Crippen molar-refractivity contribution in [3.8, 4) is 0 Å². The van der Waals surface area contributed by atoms with Crippen LogP contribution in [0, 0.1) is 0 Å². The Morgan fingerprint density at radius 3 is 3.00 bits per heavy atom. The van der Waals surface area contributed by atoms with E-state index in [-0.39, 0.29) is 0 Å². The Morgan fingerprint density at radius 1 is 1.54 bits per heavy atom. The number of hydrogen-bond donors (Lipinski definition) is 1. The maximum absolute atomic E-state index is 4.41. The monoisotopic (exact) mass is 177 g/mol. The van der Waals surface area contributed by atoms with Crippen LogP contribution in [0.25, 0.3) is 0 Å². The fraction of sp³-hybridized carbons (Fsp3) is 0.500. The third kappa shape index (κ3) is 1.65. The molecular formula is C10H15N3. The van der Waals surface area contributed by atoms with E-state index in [1.54, 1.807) is 0 Å². The van der Waals surface area contributed by atoms with Gasteiger partial charge in [-0.05, 0) is 19.5 Å². The van der Waals surface area contributed by atoms with Crippen LogP contribution in [0.4, 0.5) is 5.82 Å². The van der Waals surface area contributed by atoms with Gasteiger partial charge in [-0.25, -0.2) is 4.98 Å². The van der Waals surface area contributed by atoms with E-state index in [1.807, 2.05) is 19.3 Å². The molecule has 1 aromatic heterocycles. The third-order valence-corrected chi connectivity index (χ3v) is 2.39. The van der Waals surface area contributed by atoms with Crippen molar-refractivity contribution in [3.63, 3.8) is 0 Å². The second kappa shape index (κ2) is 3.75. The SMILES string of the molecule is CNCc1cccnc1N1CCC1. The summed E-state index contributed by atoms with van der Waals surface area (Å²) in [5.41, 5.74) is 1.30. The molecule has 0 aromatic carbocycles. The Hall–Kier alpha value is -1.09. The zero-order chi connectivity index (χ0) is 9.10. The molecule has 3 heteroatoms. The molecule has 0 unspecified atom stereocenters. The van der Waals surface area contributed by atoms with Crippen molar-refractivity contribution < 1.29 is 0 Å². The van der Waals surface area contributed by atoms with Gasteiger partial charge in [0.15, 0.2) is 0 Å². The Bertz CT molecular complexity index is 281. The van der Waals surface area contributed by atoms with Gasteiger partial charge in [-0.2, -0.15) is 0 Å². The molecule has 1 fully saturated rings. The van der Waals surface area contributed by atoms with Gasteiger partial charge in [0.05, 0.1) is 0 Å². The molecule has 0 saturated carbocycles. The van der Waals surface area contributed by atoms with Crippen LogP contribution in [-0.4, -0.2) is 25.1 Å². The van der Waals surface area contributed by atoms with Gasteiger partial charge < -0.3 is 10.2 Å². The largest absolute Gasteiger partial charge is 0.356 e. The lowest BCUT2D eigenvalue weighted by atomic mass is 10.1. The lowest BCUT2D eigenvalue weighted by Crippen LogP contribution is -2.38. The van der Waals surface area contributed by atoms with Crippen LogP contribution >= 0.6 is 0 Å². The van der Waals surface area contributed by atoms with Gasteiger partial charge in [-0.1, -0.05) is 6.07 Å². The van der Waals surface area contributed by atoms with Crippen LogP contribution in [-0.2, 0) is 6.54 Å². The zero-order valence-corrected chi connectivity index (χ0v) is 7.95. The molecule has 13 heavy (non-hydrogen) atoms. The molecule has 0 radical (unpaired) electrons. The van der Waals surface area contributed by atoms with Crippen molar-refractivity contribution in [1.82, 2.24) is 10.3 Å². The standard InChI is InChI=1S/C10H15N3/c1-11-8-9-4-2-5-12-10(9)13-6-3-7-13/h2,4-5,11H,3,6-8H2,1H3. The van der Waals surface area contributed by atoms with Crippen molar-refractivity contribution in [1.29, 1.82) is 0 Å². The minimum Gasteiger partial charge on any atom is -0.356 e. The van der Waals surface area contributed by atoms with E-state index in [9.17, 15) is 0 Å². The van der Waals surface area contributed by atoms with E-state index in [4.69, 9.17) is 0 Å². The summed E-state index contributed by atoms with van der Waals surface area (Å²) < 4.78 is 0. The molecule has 1 aliphatic heterocycles. The zero-order valence-electron chi connectivity index (χ0n) is 7.95. The smallest absolute Gasteiger partial charge is 0.133 e. The molecule has 1 aromatic rings. The van der Waals surface area contributed by atoms with Crippen LogP contribution in [0.1, 0.15) is 12.0 Å². The summed E-state index contributed by atoms with van der Waals surface area (Å²) in [5, 5.41) is 3.16. The van der Waals surface area contributed by atoms with Crippen LogP contribution in [0.3, 0.4) is 0 Å². The molecule has 70 valence electrons. The first-order valence-electron chi connectivity index (χ1n) is 4.75. The van der Waals surface area contributed by atoms with Gasteiger partial charge in [0, 0.05) is 31.4 Å². The first kappa shape index (κ1) is 8.51. The average Bonchev–Trinajstić information content (AvgIpc) is 2.05. The van der Waals surface area contributed by atoms with Crippen LogP contribution in [0.2, 0.25) is 0 Å². The Balaban J connectivity index is 2.20. The van der Waals surface area contributed by atoms with Crippen LogP contribution in [0.5, 0.6) is 0 Å². The van der Waals surface area contributed by atoms with E-state index in [1.165, 1.54) is 12.0 Å². The predicted molar refractivity (Wildman–Crippen MR) is 53.8 cm³/mol. The van der Waals surface area contributed by atoms with Crippen LogP contribution < -0.4 is 10.2 Å². The fourth-order valence-electron chi connectivity index (χ4n) is 1.57. The summed E-state index contributed by atoms with van der Waals surface area (Å²) in [6, 6.07) is 4.13. The summed E-state index contributed by atoms with van der Waals surface area (Å²) >= 11 is 0. The first-order chi connectivity index (χ1) is 6.42. The lowest BCUT2D eigenvalue weighted by Gasteiger charge is -2.33. The topological polar surface area (TPSA) is 28.2 Å². The average molecular weight is 177 g/mol. The lowest BCUT2D eigenvalue weighted by molar-refractivity contribution is 0.604. The summed E-state index contributed by atoms with van der Waals surface area (Å²) in [5.74, 6) is 1.16. The molecular weight excluding hydrogens is 162 g/mol. The maximum Gasteiger partial charge on any atom is 0.133 e. The van der Waals surface area contributed by atoms with E-state index in [2.05, 4.69) is 21.3 Å². The van der Waals surface area contributed by atoms with E-state index in [0.29, 0.717) is 0 Å². The van der Waals surface area contributed by atoms with E-state index in [0.717, 1.165) is 25.5 Å². The maximum atomic E-state index is 4.41. The molecule has 0 amide bonds. The summed E-state index contributed by atoms with van der Waals surface area (Å²) in [7, 11) is 1.97. The van der Waals surface area contributed by atoms with Crippen molar-refractivity contribution >= 4 is 5.82 Å². The molecule has 0 aliphatic carbocycles. The molecule has 1 saturated heterocycles. The van der Waals surface area contributed by atoms with Crippen molar-refractivity contribution in [2.24, 2.45) is 0 Å². The van der Waals surface area contributed by atoms with Gasteiger partial charge in [-0.15, -0.1) is 0 Å². The molecule has 1 N–H and O–H groups in total. The second-order valence-electron chi connectivity index (χ2n) is 3.36. The molecule has 2 heterocycles. The number of nitrogens with zero attached hydrogens (tertiary/aromatic N) is 2. The van der Waals surface area contributed by atoms with Crippen molar-refractivity contribution in [2.45, 2.75) is 13.0 Å². The number of aromatic nitrogens is 1. The van der Waals surface area contributed by atoms with E-state index < -0.39 is 0 Å². The normalized spacial score (nSPS) is 15.6. The summed E-state index contributed by atoms with van der Waals surface area (Å²) in [6.07, 6.45) is 3.17. The highest BCUT2D eigenvalue weighted by atomic mass is 15.2. The number of rotatable bonds is 3.